The summed E-state index contributed by atoms with van der Waals surface area (Å²) in [6.07, 6.45) is 0. The van der Waals surface area contributed by atoms with Gasteiger partial charge in [0.1, 0.15) is 4.21 Å². The van der Waals surface area contributed by atoms with Crippen molar-refractivity contribution >= 4 is 21.4 Å². The van der Waals surface area contributed by atoms with Gasteiger partial charge in [-0.15, -0.1) is 11.3 Å². The molecule has 0 fully saturated rings. The Labute approximate surface area is 126 Å². The Morgan fingerprint density at radius 3 is 2.30 bits per heavy atom. The predicted molar refractivity (Wildman–Crippen MR) is 84.4 cm³/mol. The van der Waals surface area contributed by atoms with E-state index in [1.54, 1.807) is 12.1 Å². The lowest BCUT2D eigenvalue weighted by molar-refractivity contribution is 0.179. The minimum atomic E-state index is -3.41. The summed E-state index contributed by atoms with van der Waals surface area (Å²) in [5, 5.41) is 0. The molecule has 0 aliphatic rings. The molecule has 3 N–H and O–H groups in total. The highest BCUT2D eigenvalue weighted by molar-refractivity contribution is 7.91. The van der Waals surface area contributed by atoms with Crippen LogP contribution < -0.4 is 10.5 Å². The second kappa shape index (κ2) is 7.51. The molecule has 116 valence electrons. The van der Waals surface area contributed by atoms with Gasteiger partial charge in [-0.1, -0.05) is 0 Å². The Balaban J connectivity index is 2.60. The van der Waals surface area contributed by atoms with Gasteiger partial charge in [0.05, 0.1) is 0 Å². The second-order valence-corrected chi connectivity index (χ2v) is 8.41. The molecule has 0 unspecified atom stereocenters. The molecule has 0 saturated heterocycles. The molecule has 1 heterocycles. The molecule has 1 aromatic heterocycles. The summed E-state index contributed by atoms with van der Waals surface area (Å²) in [5.74, 6) is 0. The molecule has 1 aromatic rings. The number of hydrogen-bond donors (Lipinski definition) is 2. The summed E-state index contributed by atoms with van der Waals surface area (Å²) in [6.45, 7) is 9.93. The fourth-order valence-electron chi connectivity index (χ4n) is 2.11. The average Bonchev–Trinajstić information content (AvgIpc) is 2.83. The van der Waals surface area contributed by atoms with Crippen molar-refractivity contribution in [3.8, 4) is 0 Å². The van der Waals surface area contributed by atoms with Crippen LogP contribution in [0, 0.1) is 0 Å². The van der Waals surface area contributed by atoms with Crippen LogP contribution in [0.1, 0.15) is 32.6 Å². The molecule has 1 rings (SSSR count). The molecule has 0 bridgehead atoms. The monoisotopic (exact) mass is 319 g/mol. The van der Waals surface area contributed by atoms with Crippen LogP contribution in [-0.2, 0) is 16.6 Å². The lowest BCUT2D eigenvalue weighted by atomic mass is 10.2. The molecule has 20 heavy (non-hydrogen) atoms. The van der Waals surface area contributed by atoms with Gasteiger partial charge in [-0.3, -0.25) is 4.90 Å². The molecule has 0 aromatic carbocycles. The maximum absolute atomic E-state index is 12.1. The van der Waals surface area contributed by atoms with Crippen molar-refractivity contribution in [2.24, 2.45) is 5.73 Å². The Morgan fingerprint density at radius 1 is 1.25 bits per heavy atom. The van der Waals surface area contributed by atoms with Gasteiger partial charge in [-0.25, -0.2) is 13.1 Å². The molecule has 7 heteroatoms. The first kappa shape index (κ1) is 17.6. The summed E-state index contributed by atoms with van der Waals surface area (Å²) >= 11 is 1.22. The summed E-state index contributed by atoms with van der Waals surface area (Å²) in [6, 6.07) is 4.15. The van der Waals surface area contributed by atoms with Crippen molar-refractivity contribution in [3.63, 3.8) is 0 Å². The second-order valence-electron chi connectivity index (χ2n) is 5.25. The molecule has 0 aliphatic carbocycles. The van der Waals surface area contributed by atoms with Gasteiger partial charge in [0.25, 0.3) is 0 Å². The van der Waals surface area contributed by atoms with Gasteiger partial charge in [0.15, 0.2) is 0 Å². The highest BCUT2D eigenvalue weighted by Crippen LogP contribution is 2.20. The summed E-state index contributed by atoms with van der Waals surface area (Å²) in [7, 11) is -3.41. The lowest BCUT2D eigenvalue weighted by Gasteiger charge is -2.30. The van der Waals surface area contributed by atoms with Crippen LogP contribution in [0.3, 0.4) is 0 Å². The number of nitrogens with two attached hydrogens (primary N) is 1. The van der Waals surface area contributed by atoms with E-state index in [1.807, 2.05) is 0 Å². The molecule has 0 atom stereocenters. The molecular weight excluding hydrogens is 294 g/mol. The van der Waals surface area contributed by atoms with E-state index in [-0.39, 0.29) is 0 Å². The van der Waals surface area contributed by atoms with E-state index >= 15 is 0 Å². The molecule has 5 nitrogen and oxygen atoms in total. The van der Waals surface area contributed by atoms with Gasteiger partial charge in [0.2, 0.25) is 10.0 Å². The third-order valence-corrected chi connectivity index (χ3v) is 6.15. The number of thiophene rings is 1. The van der Waals surface area contributed by atoms with Crippen LogP contribution in [0.25, 0.3) is 0 Å². The zero-order valence-electron chi connectivity index (χ0n) is 12.6. The summed E-state index contributed by atoms with van der Waals surface area (Å²) < 4.78 is 27.2. The van der Waals surface area contributed by atoms with Crippen LogP contribution >= 0.6 is 11.3 Å². The Bertz CT molecular complexity index is 501. The Hall–Kier alpha value is -0.470. The maximum atomic E-state index is 12.1. The number of nitrogens with one attached hydrogen (secondary N) is 1. The lowest BCUT2D eigenvalue weighted by Crippen LogP contribution is -2.42. The SMILES string of the molecule is CC(C)N(CCNS(=O)(=O)c1ccc(CN)s1)C(C)C. The quantitative estimate of drug-likeness (QED) is 0.763. The smallest absolute Gasteiger partial charge is 0.250 e. The van der Waals surface area contributed by atoms with Crippen molar-refractivity contribution in [3.05, 3.63) is 17.0 Å². The van der Waals surface area contributed by atoms with Gasteiger partial charge in [-0.2, -0.15) is 0 Å². The van der Waals surface area contributed by atoms with Crippen LogP contribution in [0.15, 0.2) is 16.3 Å². The Morgan fingerprint density at radius 2 is 1.85 bits per heavy atom. The Kier molecular flexibility index (Phi) is 6.60. The van der Waals surface area contributed by atoms with Gasteiger partial charge >= 0.3 is 0 Å². The molecule has 0 aliphatic heterocycles. The number of sulfonamides is 1. The fraction of sp³-hybridized carbons (Fsp3) is 0.692. The van der Waals surface area contributed by atoms with Crippen molar-refractivity contribution in [1.29, 1.82) is 0 Å². The van der Waals surface area contributed by atoms with Crippen molar-refractivity contribution in [2.75, 3.05) is 13.1 Å². The standard InChI is InChI=1S/C13H25N3O2S2/c1-10(2)16(11(3)4)8-7-15-20(17,18)13-6-5-12(9-14)19-13/h5-6,10-11,15H,7-9,14H2,1-4H3. The molecule has 0 radical (unpaired) electrons. The van der Waals surface area contributed by atoms with E-state index in [0.29, 0.717) is 35.9 Å². The first-order chi connectivity index (χ1) is 9.27. The molecule has 0 spiro atoms. The number of rotatable bonds is 8. The highest BCUT2D eigenvalue weighted by atomic mass is 32.2. The first-order valence-corrected chi connectivity index (χ1v) is 9.12. The normalized spacial score (nSPS) is 12.8. The van der Waals surface area contributed by atoms with E-state index in [4.69, 9.17) is 5.73 Å². The zero-order chi connectivity index (χ0) is 15.3. The van der Waals surface area contributed by atoms with Gasteiger partial charge in [-0.05, 0) is 39.8 Å². The summed E-state index contributed by atoms with van der Waals surface area (Å²) in [4.78, 5) is 3.12. The van der Waals surface area contributed by atoms with E-state index < -0.39 is 10.0 Å². The van der Waals surface area contributed by atoms with Crippen LogP contribution in [-0.4, -0.2) is 38.5 Å². The van der Waals surface area contributed by atoms with E-state index in [9.17, 15) is 8.42 Å². The summed E-state index contributed by atoms with van der Waals surface area (Å²) in [5.41, 5.74) is 5.50. The average molecular weight is 319 g/mol. The van der Waals surface area contributed by atoms with E-state index in [1.165, 1.54) is 11.3 Å². The van der Waals surface area contributed by atoms with Crippen LogP contribution in [0.4, 0.5) is 0 Å². The number of hydrogen-bond acceptors (Lipinski definition) is 5. The van der Waals surface area contributed by atoms with Crippen LogP contribution in [0.2, 0.25) is 0 Å². The third-order valence-electron chi connectivity index (χ3n) is 3.09. The molecule has 0 saturated carbocycles. The highest BCUT2D eigenvalue weighted by Gasteiger charge is 2.18. The van der Waals surface area contributed by atoms with E-state index in [2.05, 4.69) is 37.3 Å². The third kappa shape index (κ3) is 4.82. The maximum Gasteiger partial charge on any atom is 0.250 e. The first-order valence-electron chi connectivity index (χ1n) is 6.82. The predicted octanol–water partition coefficient (Wildman–Crippen LogP) is 1.60. The largest absolute Gasteiger partial charge is 0.326 e. The van der Waals surface area contributed by atoms with Gasteiger partial charge in [0, 0.05) is 36.6 Å². The minimum absolute atomic E-state index is 0.332. The van der Waals surface area contributed by atoms with E-state index in [0.717, 1.165) is 4.88 Å². The zero-order valence-corrected chi connectivity index (χ0v) is 14.2. The number of nitrogens with zero attached hydrogens (tertiary/aromatic N) is 1. The molecule has 0 amide bonds. The topological polar surface area (TPSA) is 75.4 Å². The van der Waals surface area contributed by atoms with Crippen molar-refractivity contribution in [2.45, 2.75) is 50.5 Å². The fourth-order valence-corrected chi connectivity index (χ4v) is 4.41. The van der Waals surface area contributed by atoms with Crippen molar-refractivity contribution < 1.29 is 8.42 Å². The van der Waals surface area contributed by atoms with Gasteiger partial charge < -0.3 is 5.73 Å². The van der Waals surface area contributed by atoms with Crippen LogP contribution in [0.5, 0.6) is 0 Å². The van der Waals surface area contributed by atoms with Crippen molar-refractivity contribution in [1.82, 2.24) is 9.62 Å². The molecular formula is C13H25N3O2S2. The minimum Gasteiger partial charge on any atom is -0.326 e.